The Morgan fingerprint density at radius 2 is 1.88 bits per heavy atom. The van der Waals surface area contributed by atoms with Gasteiger partial charge in [-0.05, 0) is 29.8 Å². The van der Waals surface area contributed by atoms with Crippen molar-refractivity contribution >= 4 is 12.0 Å². The van der Waals surface area contributed by atoms with Crippen molar-refractivity contribution in [3.63, 3.8) is 0 Å². The third-order valence-electron chi connectivity index (χ3n) is 3.02. The van der Waals surface area contributed by atoms with Gasteiger partial charge < -0.3 is 9.47 Å². The number of hydrogen-bond acceptors (Lipinski definition) is 4. The number of esters is 1. The van der Waals surface area contributed by atoms with E-state index in [0.717, 1.165) is 0 Å². The molecule has 0 spiro atoms. The number of nitrogens with zero attached hydrogens (tertiary/aromatic N) is 1. The lowest BCUT2D eigenvalue weighted by Gasteiger charge is -2.04. The average molecular weight is 329 g/mol. The lowest BCUT2D eigenvalue weighted by molar-refractivity contribution is -0.138. The molecular weight excluding hydrogens is 316 g/mol. The Bertz CT molecular complexity index is 765. The molecule has 6 heteroatoms. The van der Waals surface area contributed by atoms with E-state index in [1.807, 2.05) is 6.07 Å². The van der Waals surface area contributed by atoms with Gasteiger partial charge in [-0.1, -0.05) is 30.3 Å². The SMILES string of the molecule is N#Cc1ccccc1COC(=O)/C=C/c1ccc(OC(F)F)cc1. The summed E-state index contributed by atoms with van der Waals surface area (Å²) in [5.41, 5.74) is 1.70. The number of alkyl halides is 2. The van der Waals surface area contributed by atoms with Crippen LogP contribution in [0.25, 0.3) is 6.08 Å². The van der Waals surface area contributed by atoms with Crippen LogP contribution >= 0.6 is 0 Å². The molecule has 2 aromatic carbocycles. The third kappa shape index (κ3) is 5.21. The maximum Gasteiger partial charge on any atom is 0.387 e. The molecule has 0 atom stereocenters. The second-order valence-electron chi connectivity index (χ2n) is 4.66. The molecule has 0 bridgehead atoms. The summed E-state index contributed by atoms with van der Waals surface area (Å²) in [5, 5.41) is 8.95. The molecule has 0 radical (unpaired) electrons. The first-order chi connectivity index (χ1) is 11.6. The monoisotopic (exact) mass is 329 g/mol. The van der Waals surface area contributed by atoms with Crippen molar-refractivity contribution in [3.8, 4) is 11.8 Å². The molecule has 0 saturated carbocycles. The van der Waals surface area contributed by atoms with Crippen LogP contribution in [-0.4, -0.2) is 12.6 Å². The molecule has 0 fully saturated rings. The van der Waals surface area contributed by atoms with Crippen molar-refractivity contribution in [1.29, 1.82) is 5.26 Å². The van der Waals surface area contributed by atoms with Gasteiger partial charge in [-0.15, -0.1) is 0 Å². The van der Waals surface area contributed by atoms with E-state index in [0.29, 0.717) is 16.7 Å². The van der Waals surface area contributed by atoms with Crippen LogP contribution in [0.5, 0.6) is 5.75 Å². The maximum atomic E-state index is 12.0. The van der Waals surface area contributed by atoms with Gasteiger partial charge in [-0.3, -0.25) is 0 Å². The van der Waals surface area contributed by atoms with Crippen molar-refractivity contribution in [2.24, 2.45) is 0 Å². The van der Waals surface area contributed by atoms with Gasteiger partial charge in [0.2, 0.25) is 0 Å². The lowest BCUT2D eigenvalue weighted by Crippen LogP contribution is -2.02. The molecule has 2 rings (SSSR count). The molecule has 122 valence electrons. The first kappa shape index (κ1) is 17.2. The van der Waals surface area contributed by atoms with E-state index in [4.69, 9.17) is 10.00 Å². The van der Waals surface area contributed by atoms with E-state index in [2.05, 4.69) is 4.74 Å². The zero-order valence-electron chi connectivity index (χ0n) is 12.5. The Morgan fingerprint density at radius 1 is 1.17 bits per heavy atom. The number of ether oxygens (including phenoxy) is 2. The summed E-state index contributed by atoms with van der Waals surface area (Å²) in [4.78, 5) is 11.7. The molecular formula is C18H13F2NO3. The maximum absolute atomic E-state index is 12.0. The van der Waals surface area contributed by atoms with Crippen LogP contribution in [0.4, 0.5) is 8.78 Å². The molecule has 0 amide bonds. The van der Waals surface area contributed by atoms with Crippen molar-refractivity contribution in [2.75, 3.05) is 0 Å². The van der Waals surface area contributed by atoms with Crippen LogP contribution in [0.3, 0.4) is 0 Å². The van der Waals surface area contributed by atoms with Crippen molar-refractivity contribution in [3.05, 3.63) is 71.3 Å². The normalized spacial score (nSPS) is 10.6. The van der Waals surface area contributed by atoms with Gasteiger partial charge in [-0.2, -0.15) is 14.0 Å². The fraction of sp³-hybridized carbons (Fsp3) is 0.111. The number of halogens is 2. The molecule has 0 aliphatic rings. The summed E-state index contributed by atoms with van der Waals surface area (Å²) in [6, 6.07) is 14.7. The van der Waals surface area contributed by atoms with Crippen molar-refractivity contribution in [1.82, 2.24) is 0 Å². The molecule has 0 saturated heterocycles. The summed E-state index contributed by atoms with van der Waals surface area (Å²) < 4.78 is 33.4. The molecule has 0 N–H and O–H groups in total. The molecule has 0 aromatic heterocycles. The van der Waals surface area contributed by atoms with E-state index in [1.165, 1.54) is 36.4 Å². The molecule has 2 aromatic rings. The smallest absolute Gasteiger partial charge is 0.387 e. The van der Waals surface area contributed by atoms with E-state index >= 15 is 0 Å². The highest BCUT2D eigenvalue weighted by Crippen LogP contribution is 2.15. The number of hydrogen-bond donors (Lipinski definition) is 0. The van der Waals surface area contributed by atoms with Crippen LogP contribution in [0, 0.1) is 11.3 Å². The average Bonchev–Trinajstić information content (AvgIpc) is 2.59. The molecule has 0 heterocycles. The predicted molar refractivity (Wildman–Crippen MR) is 83.1 cm³/mol. The fourth-order valence-electron chi connectivity index (χ4n) is 1.88. The first-order valence-corrected chi connectivity index (χ1v) is 6.96. The van der Waals surface area contributed by atoms with Crippen molar-refractivity contribution in [2.45, 2.75) is 13.2 Å². The standard InChI is InChI=1S/C18H13F2NO3/c19-18(20)24-16-8-5-13(6-9-16)7-10-17(22)23-12-15-4-2-1-3-14(15)11-21/h1-10,18H,12H2/b10-7+. The highest BCUT2D eigenvalue weighted by molar-refractivity contribution is 5.87. The quantitative estimate of drug-likeness (QED) is 0.595. The van der Waals surface area contributed by atoms with E-state index in [-0.39, 0.29) is 12.4 Å². The number of carbonyl (C=O) groups is 1. The molecule has 0 aliphatic carbocycles. The van der Waals surface area contributed by atoms with Crippen LogP contribution in [-0.2, 0) is 16.1 Å². The summed E-state index contributed by atoms with van der Waals surface area (Å²) >= 11 is 0. The molecule has 0 unspecified atom stereocenters. The molecule has 0 aliphatic heterocycles. The van der Waals surface area contributed by atoms with Crippen LogP contribution < -0.4 is 4.74 Å². The summed E-state index contributed by atoms with van der Waals surface area (Å²) in [7, 11) is 0. The Hall–Kier alpha value is -3.20. The molecule has 4 nitrogen and oxygen atoms in total. The van der Waals surface area contributed by atoms with Gasteiger partial charge in [0, 0.05) is 11.6 Å². The van der Waals surface area contributed by atoms with Gasteiger partial charge >= 0.3 is 12.6 Å². The Kier molecular flexibility index (Phi) is 6.03. The van der Waals surface area contributed by atoms with E-state index in [9.17, 15) is 13.6 Å². The highest BCUT2D eigenvalue weighted by atomic mass is 19.3. The van der Waals surface area contributed by atoms with E-state index < -0.39 is 12.6 Å². The van der Waals surface area contributed by atoms with Crippen LogP contribution in [0.1, 0.15) is 16.7 Å². The summed E-state index contributed by atoms with van der Waals surface area (Å²) in [5.74, 6) is -0.534. The minimum absolute atomic E-state index is 0.00588. The fourth-order valence-corrected chi connectivity index (χ4v) is 1.88. The van der Waals surface area contributed by atoms with E-state index in [1.54, 1.807) is 24.3 Å². The highest BCUT2D eigenvalue weighted by Gasteiger charge is 2.05. The second kappa shape index (κ2) is 8.44. The van der Waals surface area contributed by atoms with Gasteiger partial charge in [0.05, 0.1) is 11.6 Å². The predicted octanol–water partition coefficient (Wildman–Crippen LogP) is 3.92. The second-order valence-corrected chi connectivity index (χ2v) is 4.66. The summed E-state index contributed by atoms with van der Waals surface area (Å²) in [6.45, 7) is -2.88. The Labute approximate surface area is 137 Å². The minimum atomic E-state index is -2.88. The van der Waals surface area contributed by atoms with Crippen molar-refractivity contribution < 1.29 is 23.0 Å². The number of rotatable bonds is 6. The number of benzene rings is 2. The number of carbonyl (C=O) groups excluding carboxylic acids is 1. The van der Waals surface area contributed by atoms with Gasteiger partial charge in [0.15, 0.2) is 0 Å². The van der Waals surface area contributed by atoms with Crippen LogP contribution in [0.2, 0.25) is 0 Å². The lowest BCUT2D eigenvalue weighted by atomic mass is 10.1. The largest absolute Gasteiger partial charge is 0.458 e. The Morgan fingerprint density at radius 3 is 2.54 bits per heavy atom. The number of nitriles is 1. The first-order valence-electron chi connectivity index (χ1n) is 6.96. The van der Waals surface area contributed by atoms with Gasteiger partial charge in [-0.25, -0.2) is 4.79 Å². The summed E-state index contributed by atoms with van der Waals surface area (Å²) in [6.07, 6.45) is 2.71. The van der Waals surface area contributed by atoms with Gasteiger partial charge in [0.25, 0.3) is 0 Å². The zero-order chi connectivity index (χ0) is 17.4. The van der Waals surface area contributed by atoms with Crippen LogP contribution in [0.15, 0.2) is 54.6 Å². The minimum Gasteiger partial charge on any atom is -0.458 e. The van der Waals surface area contributed by atoms with Gasteiger partial charge in [0.1, 0.15) is 12.4 Å². The zero-order valence-corrected chi connectivity index (χ0v) is 12.5. The Balaban J connectivity index is 1.90. The third-order valence-corrected chi connectivity index (χ3v) is 3.02. The molecule has 24 heavy (non-hydrogen) atoms. The topological polar surface area (TPSA) is 59.3 Å².